The molecule has 1 aromatic carbocycles. The van der Waals surface area contributed by atoms with Crippen LogP contribution in [0.5, 0.6) is 0 Å². The van der Waals surface area contributed by atoms with E-state index in [0.29, 0.717) is 6.54 Å². The van der Waals surface area contributed by atoms with Crippen molar-refractivity contribution >= 4 is 18.3 Å². The molecule has 0 radical (unpaired) electrons. The highest BCUT2D eigenvalue weighted by molar-refractivity contribution is 5.94. The van der Waals surface area contributed by atoms with Crippen LogP contribution >= 0.6 is 12.4 Å². The second-order valence-corrected chi connectivity index (χ2v) is 5.92. The van der Waals surface area contributed by atoms with Gasteiger partial charge in [-0.05, 0) is 42.4 Å². The molecule has 1 aromatic rings. The maximum absolute atomic E-state index is 12.5. The summed E-state index contributed by atoms with van der Waals surface area (Å²) in [6, 6.07) is 7.73. The maximum Gasteiger partial charge on any atom is 0.253 e. The predicted molar refractivity (Wildman–Crippen MR) is 82.9 cm³/mol. The Hall–Kier alpha value is -1.06. The second-order valence-electron chi connectivity index (χ2n) is 5.92. The van der Waals surface area contributed by atoms with E-state index >= 15 is 0 Å². The largest absolute Gasteiger partial charge is 0.338 e. The minimum atomic E-state index is 0. The van der Waals surface area contributed by atoms with Gasteiger partial charge in [-0.25, -0.2) is 0 Å². The molecule has 2 fully saturated rings. The number of hydrogen-bond acceptors (Lipinski definition) is 2. The Bertz CT molecular complexity index is 446. The molecule has 1 heterocycles. The van der Waals surface area contributed by atoms with E-state index in [4.69, 9.17) is 5.73 Å². The number of nitrogens with two attached hydrogens (primary N) is 1. The molecule has 0 spiro atoms. The van der Waals surface area contributed by atoms with Crippen LogP contribution in [0.25, 0.3) is 0 Å². The fourth-order valence-electron chi connectivity index (χ4n) is 3.54. The lowest BCUT2D eigenvalue weighted by molar-refractivity contribution is 0.0784. The first-order valence-electron chi connectivity index (χ1n) is 7.36. The zero-order chi connectivity index (χ0) is 13.2. The Morgan fingerprint density at radius 1 is 1.10 bits per heavy atom. The number of hydrogen-bond donors (Lipinski definition) is 1. The number of rotatable bonds is 2. The highest BCUT2D eigenvalue weighted by Gasteiger charge is 2.36. The van der Waals surface area contributed by atoms with Crippen LogP contribution in [0.1, 0.15) is 41.6 Å². The van der Waals surface area contributed by atoms with Crippen molar-refractivity contribution in [1.29, 1.82) is 0 Å². The summed E-state index contributed by atoms with van der Waals surface area (Å²) >= 11 is 0. The first-order valence-corrected chi connectivity index (χ1v) is 7.36. The monoisotopic (exact) mass is 294 g/mol. The quantitative estimate of drug-likeness (QED) is 0.912. The Morgan fingerprint density at radius 2 is 1.65 bits per heavy atom. The van der Waals surface area contributed by atoms with Crippen LogP contribution in [0.2, 0.25) is 0 Å². The van der Waals surface area contributed by atoms with E-state index in [2.05, 4.69) is 4.90 Å². The van der Waals surface area contributed by atoms with Crippen molar-refractivity contribution in [1.82, 2.24) is 4.90 Å². The van der Waals surface area contributed by atoms with E-state index in [9.17, 15) is 4.79 Å². The van der Waals surface area contributed by atoms with Crippen LogP contribution in [0.15, 0.2) is 24.3 Å². The smallest absolute Gasteiger partial charge is 0.253 e. The number of fused-ring (bicyclic) bond motifs is 1. The van der Waals surface area contributed by atoms with Crippen molar-refractivity contribution in [2.24, 2.45) is 17.6 Å². The zero-order valence-electron chi connectivity index (χ0n) is 11.8. The number of halogens is 1. The number of likely N-dealkylation sites (tertiary alicyclic amines) is 1. The molecular formula is C16H23ClN2O. The molecule has 3 rings (SSSR count). The van der Waals surface area contributed by atoms with Crippen molar-refractivity contribution in [3.05, 3.63) is 35.4 Å². The summed E-state index contributed by atoms with van der Waals surface area (Å²) in [7, 11) is 0. The Labute approximate surface area is 126 Å². The molecule has 2 atom stereocenters. The van der Waals surface area contributed by atoms with Crippen LogP contribution in [0.4, 0.5) is 0 Å². The standard InChI is InChI=1S/C16H22N2O.ClH/c17-9-12-5-7-13(8-6-12)16(19)18-10-14-3-1-2-4-15(14)11-18;/h5-8,14-15H,1-4,9-11,17H2;1H. The van der Waals surface area contributed by atoms with Crippen molar-refractivity contribution in [2.45, 2.75) is 32.2 Å². The molecule has 110 valence electrons. The average molecular weight is 295 g/mol. The molecule has 2 N–H and O–H groups in total. The SMILES string of the molecule is Cl.NCc1ccc(C(=O)N2CC3CCCCC3C2)cc1. The van der Waals surface area contributed by atoms with Crippen molar-refractivity contribution in [3.8, 4) is 0 Å². The second kappa shape index (κ2) is 6.59. The molecule has 0 bridgehead atoms. The van der Waals surface area contributed by atoms with Crippen molar-refractivity contribution in [2.75, 3.05) is 13.1 Å². The highest BCUT2D eigenvalue weighted by Crippen LogP contribution is 2.36. The van der Waals surface area contributed by atoms with Gasteiger partial charge < -0.3 is 10.6 Å². The lowest BCUT2D eigenvalue weighted by Gasteiger charge is -2.22. The Kier molecular flexibility index (Phi) is 5.06. The van der Waals surface area contributed by atoms with E-state index in [-0.39, 0.29) is 18.3 Å². The van der Waals surface area contributed by atoms with Gasteiger partial charge in [-0.1, -0.05) is 25.0 Å². The summed E-state index contributed by atoms with van der Waals surface area (Å²) < 4.78 is 0. The summed E-state index contributed by atoms with van der Waals surface area (Å²) in [5.74, 6) is 1.69. The first-order chi connectivity index (χ1) is 9.28. The van der Waals surface area contributed by atoms with Crippen molar-refractivity contribution < 1.29 is 4.79 Å². The lowest BCUT2D eigenvalue weighted by atomic mass is 9.82. The number of amides is 1. The van der Waals surface area contributed by atoms with E-state index in [1.54, 1.807) is 0 Å². The third-order valence-corrected chi connectivity index (χ3v) is 4.70. The van der Waals surface area contributed by atoms with Gasteiger partial charge in [-0.15, -0.1) is 12.4 Å². The third kappa shape index (κ3) is 2.99. The van der Waals surface area contributed by atoms with Crippen LogP contribution in [0, 0.1) is 11.8 Å². The van der Waals surface area contributed by atoms with Crippen LogP contribution < -0.4 is 5.73 Å². The number of nitrogens with zero attached hydrogens (tertiary/aromatic N) is 1. The van der Waals surface area contributed by atoms with E-state index in [0.717, 1.165) is 36.1 Å². The normalized spacial score (nSPS) is 24.9. The summed E-state index contributed by atoms with van der Waals surface area (Å²) in [5, 5.41) is 0. The molecule has 20 heavy (non-hydrogen) atoms. The summed E-state index contributed by atoms with van der Waals surface area (Å²) in [4.78, 5) is 14.5. The number of benzene rings is 1. The minimum absolute atomic E-state index is 0. The van der Waals surface area contributed by atoms with E-state index in [1.807, 2.05) is 24.3 Å². The molecular weight excluding hydrogens is 272 g/mol. The molecule has 1 aliphatic carbocycles. The van der Waals surface area contributed by atoms with Gasteiger partial charge in [0.2, 0.25) is 0 Å². The Balaban J connectivity index is 0.00000147. The van der Waals surface area contributed by atoms with Crippen LogP contribution in [-0.4, -0.2) is 23.9 Å². The number of carbonyl (C=O) groups is 1. The van der Waals surface area contributed by atoms with Crippen LogP contribution in [0.3, 0.4) is 0 Å². The van der Waals surface area contributed by atoms with Gasteiger partial charge >= 0.3 is 0 Å². The van der Waals surface area contributed by atoms with Gasteiger partial charge in [0, 0.05) is 25.2 Å². The van der Waals surface area contributed by atoms with E-state index < -0.39 is 0 Å². The van der Waals surface area contributed by atoms with Crippen molar-refractivity contribution in [3.63, 3.8) is 0 Å². The number of carbonyl (C=O) groups excluding carboxylic acids is 1. The fraction of sp³-hybridized carbons (Fsp3) is 0.562. The van der Waals surface area contributed by atoms with Crippen LogP contribution in [-0.2, 0) is 6.54 Å². The van der Waals surface area contributed by atoms with Gasteiger partial charge in [-0.3, -0.25) is 4.79 Å². The average Bonchev–Trinajstić information content (AvgIpc) is 2.90. The molecule has 1 saturated carbocycles. The van der Waals surface area contributed by atoms with Gasteiger partial charge in [-0.2, -0.15) is 0 Å². The highest BCUT2D eigenvalue weighted by atomic mass is 35.5. The molecule has 2 aliphatic rings. The van der Waals surface area contributed by atoms with Gasteiger partial charge in [0.1, 0.15) is 0 Å². The molecule has 4 heteroatoms. The molecule has 3 nitrogen and oxygen atoms in total. The minimum Gasteiger partial charge on any atom is -0.338 e. The fourth-order valence-corrected chi connectivity index (χ4v) is 3.54. The summed E-state index contributed by atoms with van der Waals surface area (Å²) in [5.41, 5.74) is 7.46. The molecule has 0 aromatic heterocycles. The Morgan fingerprint density at radius 3 is 2.15 bits per heavy atom. The topological polar surface area (TPSA) is 46.3 Å². The molecule has 1 amide bonds. The van der Waals surface area contributed by atoms with Gasteiger partial charge in [0.05, 0.1) is 0 Å². The maximum atomic E-state index is 12.5. The first kappa shape index (κ1) is 15.3. The third-order valence-electron chi connectivity index (χ3n) is 4.70. The van der Waals surface area contributed by atoms with E-state index in [1.165, 1.54) is 25.7 Å². The zero-order valence-corrected chi connectivity index (χ0v) is 12.6. The van der Waals surface area contributed by atoms with Gasteiger partial charge in [0.25, 0.3) is 5.91 Å². The molecule has 1 saturated heterocycles. The summed E-state index contributed by atoms with van der Waals surface area (Å²) in [6.45, 7) is 2.45. The lowest BCUT2D eigenvalue weighted by Crippen LogP contribution is -2.28. The molecule has 1 aliphatic heterocycles. The molecule has 2 unspecified atom stereocenters. The van der Waals surface area contributed by atoms with Gasteiger partial charge in [0.15, 0.2) is 0 Å². The predicted octanol–water partition coefficient (Wildman–Crippen LogP) is 2.83. The summed E-state index contributed by atoms with van der Waals surface area (Å²) in [6.07, 6.45) is 5.30.